The molecule has 0 bridgehead atoms. The van der Waals surface area contributed by atoms with Gasteiger partial charge in [-0.05, 0) is 32.4 Å². The maximum absolute atomic E-state index is 5.16. The molecule has 0 spiro atoms. The van der Waals surface area contributed by atoms with Crippen LogP contribution in [0.3, 0.4) is 0 Å². The average Bonchev–Trinajstić information content (AvgIpc) is 2.91. The van der Waals surface area contributed by atoms with E-state index in [1.165, 1.54) is 0 Å². The first-order valence-electron chi connectivity index (χ1n) is 7.63. The van der Waals surface area contributed by atoms with Gasteiger partial charge in [-0.15, -0.1) is 0 Å². The highest BCUT2D eigenvalue weighted by Crippen LogP contribution is 2.23. The Bertz CT molecular complexity index is 582. The van der Waals surface area contributed by atoms with Crippen LogP contribution >= 0.6 is 0 Å². The topological polar surface area (TPSA) is 54.2 Å². The molecule has 2 aromatic heterocycles. The minimum absolute atomic E-state index is 0.528. The van der Waals surface area contributed by atoms with Crippen molar-refractivity contribution in [3.63, 3.8) is 0 Å². The zero-order valence-corrected chi connectivity index (χ0v) is 12.7. The zero-order valence-electron chi connectivity index (χ0n) is 12.7. The first-order chi connectivity index (χ1) is 10.3. The van der Waals surface area contributed by atoms with Crippen LogP contribution < -0.4 is 10.2 Å². The van der Waals surface area contributed by atoms with E-state index in [1.54, 1.807) is 12.5 Å². The number of hydrogen-bond acceptors (Lipinski definition) is 5. The summed E-state index contributed by atoms with van der Waals surface area (Å²) in [6.07, 6.45) is 5.68. The zero-order chi connectivity index (χ0) is 14.7. The molecule has 0 amide bonds. The van der Waals surface area contributed by atoms with E-state index in [-0.39, 0.29) is 0 Å². The number of aryl methyl sites for hydroxylation is 1. The number of anilines is 1. The molecule has 0 aromatic carbocycles. The maximum atomic E-state index is 5.16. The molecule has 1 N–H and O–H groups in total. The monoisotopic (exact) mass is 286 g/mol. The van der Waals surface area contributed by atoms with Crippen LogP contribution in [0.2, 0.25) is 0 Å². The Labute approximate surface area is 125 Å². The molecule has 1 fully saturated rings. The Morgan fingerprint density at radius 3 is 3.10 bits per heavy atom. The van der Waals surface area contributed by atoms with Crippen molar-refractivity contribution in [3.8, 4) is 11.3 Å². The van der Waals surface area contributed by atoms with Gasteiger partial charge in [0.15, 0.2) is 0 Å². The van der Waals surface area contributed by atoms with Gasteiger partial charge < -0.3 is 14.6 Å². The third-order valence-corrected chi connectivity index (χ3v) is 3.94. The normalized spacial score (nSPS) is 19.5. The minimum Gasteiger partial charge on any atom is -0.472 e. The van der Waals surface area contributed by atoms with Crippen molar-refractivity contribution < 1.29 is 4.42 Å². The summed E-state index contributed by atoms with van der Waals surface area (Å²) in [5.74, 6) is 1.81. The lowest BCUT2D eigenvalue weighted by molar-refractivity contribution is 0.527. The summed E-state index contributed by atoms with van der Waals surface area (Å²) >= 11 is 0. The first kappa shape index (κ1) is 14.1. The predicted molar refractivity (Wildman–Crippen MR) is 83.4 cm³/mol. The van der Waals surface area contributed by atoms with Crippen LogP contribution in [-0.2, 0) is 0 Å². The molecule has 0 saturated carbocycles. The fourth-order valence-electron chi connectivity index (χ4n) is 2.75. The molecular formula is C16H22N4O. The maximum Gasteiger partial charge on any atom is 0.132 e. The van der Waals surface area contributed by atoms with Crippen LogP contribution in [-0.4, -0.2) is 35.6 Å². The van der Waals surface area contributed by atoms with Gasteiger partial charge in [-0.2, -0.15) is 0 Å². The number of rotatable bonds is 3. The third-order valence-electron chi connectivity index (χ3n) is 3.94. The summed E-state index contributed by atoms with van der Waals surface area (Å²) in [6, 6.07) is 4.53. The molecule has 3 heterocycles. The van der Waals surface area contributed by atoms with Crippen molar-refractivity contribution in [2.45, 2.75) is 32.7 Å². The van der Waals surface area contributed by atoms with Gasteiger partial charge in [0.1, 0.15) is 11.6 Å². The molecule has 1 unspecified atom stereocenters. The minimum atomic E-state index is 0.528. The lowest BCUT2D eigenvalue weighted by Crippen LogP contribution is -2.37. The standard InChI is InChI=1S/C16H22N4O/c1-3-14-10-20(7-4-6-17-14)16-9-15(18-12(2)19-16)13-5-8-21-11-13/h5,8-9,11,14,17H,3-4,6-7,10H2,1-2H3. The molecule has 0 radical (unpaired) electrons. The molecule has 3 rings (SSSR count). The Morgan fingerprint density at radius 2 is 2.33 bits per heavy atom. The summed E-state index contributed by atoms with van der Waals surface area (Å²) < 4.78 is 5.16. The fraction of sp³-hybridized carbons (Fsp3) is 0.500. The molecule has 112 valence electrons. The molecular weight excluding hydrogens is 264 g/mol. The van der Waals surface area contributed by atoms with Gasteiger partial charge in [0.25, 0.3) is 0 Å². The molecule has 5 nitrogen and oxygen atoms in total. The molecule has 2 aromatic rings. The van der Waals surface area contributed by atoms with E-state index >= 15 is 0 Å². The average molecular weight is 286 g/mol. The molecule has 0 aliphatic carbocycles. The summed E-state index contributed by atoms with van der Waals surface area (Å²) in [4.78, 5) is 11.5. The number of aromatic nitrogens is 2. The molecule has 21 heavy (non-hydrogen) atoms. The first-order valence-corrected chi connectivity index (χ1v) is 7.63. The Kier molecular flexibility index (Phi) is 4.20. The lowest BCUT2D eigenvalue weighted by atomic mass is 10.2. The highest BCUT2D eigenvalue weighted by Gasteiger charge is 2.18. The van der Waals surface area contributed by atoms with Crippen LogP contribution in [0.15, 0.2) is 29.1 Å². The van der Waals surface area contributed by atoms with Gasteiger partial charge in [0, 0.05) is 30.8 Å². The number of nitrogens with one attached hydrogen (secondary N) is 1. The highest BCUT2D eigenvalue weighted by atomic mass is 16.3. The van der Waals surface area contributed by atoms with E-state index in [0.717, 1.165) is 55.4 Å². The highest BCUT2D eigenvalue weighted by molar-refractivity contribution is 5.61. The van der Waals surface area contributed by atoms with E-state index in [1.807, 2.05) is 13.0 Å². The van der Waals surface area contributed by atoms with Gasteiger partial charge >= 0.3 is 0 Å². The number of hydrogen-bond donors (Lipinski definition) is 1. The van der Waals surface area contributed by atoms with Crippen molar-refractivity contribution >= 4 is 5.82 Å². The second-order valence-electron chi connectivity index (χ2n) is 5.53. The Balaban J connectivity index is 1.90. The van der Waals surface area contributed by atoms with Gasteiger partial charge in [0.2, 0.25) is 0 Å². The smallest absolute Gasteiger partial charge is 0.132 e. The van der Waals surface area contributed by atoms with E-state index < -0.39 is 0 Å². The van der Waals surface area contributed by atoms with E-state index in [0.29, 0.717) is 6.04 Å². The summed E-state index contributed by atoms with van der Waals surface area (Å²) in [7, 11) is 0. The molecule has 1 saturated heterocycles. The Morgan fingerprint density at radius 1 is 1.43 bits per heavy atom. The van der Waals surface area contributed by atoms with Crippen molar-refractivity contribution in [1.29, 1.82) is 0 Å². The predicted octanol–water partition coefficient (Wildman–Crippen LogP) is 2.62. The lowest BCUT2D eigenvalue weighted by Gasteiger charge is -2.25. The van der Waals surface area contributed by atoms with Gasteiger partial charge in [-0.25, -0.2) is 9.97 Å². The summed E-state index contributed by atoms with van der Waals surface area (Å²) in [5, 5.41) is 3.59. The summed E-state index contributed by atoms with van der Waals surface area (Å²) in [6.45, 7) is 7.28. The SMILES string of the molecule is CCC1CN(c2cc(-c3ccoc3)nc(C)n2)CCCN1. The third kappa shape index (κ3) is 3.24. The fourth-order valence-corrected chi connectivity index (χ4v) is 2.75. The number of nitrogens with zero attached hydrogens (tertiary/aromatic N) is 3. The van der Waals surface area contributed by atoms with Gasteiger partial charge in [-0.1, -0.05) is 6.92 Å². The number of furan rings is 1. The van der Waals surface area contributed by atoms with Crippen molar-refractivity contribution in [1.82, 2.24) is 15.3 Å². The van der Waals surface area contributed by atoms with Crippen molar-refractivity contribution in [3.05, 3.63) is 30.5 Å². The molecule has 1 aliphatic rings. The van der Waals surface area contributed by atoms with Crippen molar-refractivity contribution in [2.24, 2.45) is 0 Å². The molecule has 1 aliphatic heterocycles. The summed E-state index contributed by atoms with van der Waals surface area (Å²) in [5.41, 5.74) is 1.93. The second-order valence-corrected chi connectivity index (χ2v) is 5.53. The van der Waals surface area contributed by atoms with Crippen LogP contribution in [0.1, 0.15) is 25.6 Å². The quantitative estimate of drug-likeness (QED) is 0.940. The van der Waals surface area contributed by atoms with Crippen LogP contribution in [0, 0.1) is 6.92 Å². The van der Waals surface area contributed by atoms with Crippen LogP contribution in [0.5, 0.6) is 0 Å². The van der Waals surface area contributed by atoms with E-state index in [4.69, 9.17) is 4.42 Å². The second kappa shape index (κ2) is 6.26. The largest absolute Gasteiger partial charge is 0.472 e. The van der Waals surface area contributed by atoms with Gasteiger partial charge in [0.05, 0.1) is 18.2 Å². The molecule has 1 atom stereocenters. The Hall–Kier alpha value is -1.88. The van der Waals surface area contributed by atoms with Crippen LogP contribution in [0.25, 0.3) is 11.3 Å². The van der Waals surface area contributed by atoms with Gasteiger partial charge in [-0.3, -0.25) is 0 Å². The molecule has 5 heteroatoms. The van der Waals surface area contributed by atoms with E-state index in [2.05, 4.69) is 33.2 Å². The van der Waals surface area contributed by atoms with E-state index in [9.17, 15) is 0 Å². The van der Waals surface area contributed by atoms with Crippen molar-refractivity contribution in [2.75, 3.05) is 24.5 Å². The van der Waals surface area contributed by atoms with Crippen LogP contribution in [0.4, 0.5) is 5.82 Å².